The van der Waals surface area contributed by atoms with E-state index < -0.39 is 5.60 Å². The average Bonchev–Trinajstić information content (AvgIpc) is 2.77. The number of thiophene rings is 1. The van der Waals surface area contributed by atoms with Gasteiger partial charge in [-0.1, -0.05) is 0 Å². The highest BCUT2D eigenvalue weighted by atomic mass is 32.1. The Hall–Kier alpha value is -1.07. The van der Waals surface area contributed by atoms with Crippen LogP contribution in [0.3, 0.4) is 0 Å². The van der Waals surface area contributed by atoms with Gasteiger partial charge in [-0.15, -0.1) is 0 Å². The summed E-state index contributed by atoms with van der Waals surface area (Å²) < 4.78 is 0. The van der Waals surface area contributed by atoms with Crippen molar-refractivity contribution in [2.45, 2.75) is 19.4 Å². The largest absolute Gasteiger partial charge is 0.383 e. The zero-order valence-electron chi connectivity index (χ0n) is 10.9. The summed E-state index contributed by atoms with van der Waals surface area (Å²) in [5, 5.41) is 17.4. The van der Waals surface area contributed by atoms with Gasteiger partial charge in [0.1, 0.15) is 5.60 Å². The molecule has 1 heterocycles. The van der Waals surface area contributed by atoms with Gasteiger partial charge in [0.15, 0.2) is 5.96 Å². The highest BCUT2D eigenvalue weighted by molar-refractivity contribution is 7.08. The van der Waals surface area contributed by atoms with Crippen molar-refractivity contribution in [3.63, 3.8) is 0 Å². The highest BCUT2D eigenvalue weighted by Gasteiger charge is 2.23. The molecule has 0 aliphatic heterocycles. The maximum Gasteiger partial charge on any atom is 0.193 e. The van der Waals surface area contributed by atoms with Crippen LogP contribution in [0.15, 0.2) is 21.8 Å². The van der Waals surface area contributed by atoms with Crippen LogP contribution < -0.4 is 5.32 Å². The first-order valence-electron chi connectivity index (χ1n) is 5.68. The first kappa shape index (κ1) is 14.0. The number of aliphatic hydroxyl groups is 1. The normalized spacial score (nSPS) is 15.5. The van der Waals surface area contributed by atoms with Gasteiger partial charge in [0.05, 0.1) is 6.54 Å². The molecule has 1 aromatic rings. The Kier molecular flexibility index (Phi) is 4.96. The molecule has 96 valence electrons. The van der Waals surface area contributed by atoms with E-state index in [2.05, 4.69) is 10.3 Å². The molecular weight excluding hydrogens is 234 g/mol. The third-order valence-corrected chi connectivity index (χ3v) is 3.12. The Labute approximate surface area is 107 Å². The second-order valence-corrected chi connectivity index (χ2v) is 5.13. The van der Waals surface area contributed by atoms with Crippen molar-refractivity contribution in [2.75, 3.05) is 27.2 Å². The smallest absolute Gasteiger partial charge is 0.193 e. The zero-order chi connectivity index (χ0) is 12.9. The number of hydrogen-bond donors (Lipinski definition) is 2. The van der Waals surface area contributed by atoms with Gasteiger partial charge in [-0.3, -0.25) is 0 Å². The number of nitrogens with one attached hydrogen (secondary N) is 1. The predicted molar refractivity (Wildman–Crippen MR) is 73.6 cm³/mol. The van der Waals surface area contributed by atoms with E-state index in [4.69, 9.17) is 0 Å². The first-order chi connectivity index (χ1) is 7.97. The Morgan fingerprint density at radius 3 is 2.76 bits per heavy atom. The van der Waals surface area contributed by atoms with Crippen LogP contribution in [0, 0.1) is 0 Å². The standard InChI is InChI=1S/C12H21N3OS/c1-5-13-11(15(3)4)14-9-12(2,16)10-6-7-17-8-10/h6-8,16H,5,9H2,1-4H3,(H,13,14). The molecule has 2 N–H and O–H groups in total. The van der Waals surface area contributed by atoms with Crippen molar-refractivity contribution < 1.29 is 5.11 Å². The summed E-state index contributed by atoms with van der Waals surface area (Å²) >= 11 is 1.58. The van der Waals surface area contributed by atoms with E-state index >= 15 is 0 Å². The zero-order valence-corrected chi connectivity index (χ0v) is 11.7. The lowest BCUT2D eigenvalue weighted by Gasteiger charge is -2.22. The summed E-state index contributed by atoms with van der Waals surface area (Å²) in [6.45, 7) is 4.98. The number of guanidine groups is 1. The van der Waals surface area contributed by atoms with E-state index in [-0.39, 0.29) is 0 Å². The summed E-state index contributed by atoms with van der Waals surface area (Å²) in [6.07, 6.45) is 0. The fourth-order valence-corrected chi connectivity index (χ4v) is 2.19. The highest BCUT2D eigenvalue weighted by Crippen LogP contribution is 2.23. The number of rotatable bonds is 4. The minimum absolute atomic E-state index is 0.351. The molecule has 0 spiro atoms. The van der Waals surface area contributed by atoms with Gasteiger partial charge in [-0.05, 0) is 36.2 Å². The fraction of sp³-hybridized carbons (Fsp3) is 0.583. The van der Waals surface area contributed by atoms with E-state index in [9.17, 15) is 5.11 Å². The molecule has 0 bridgehead atoms. The van der Waals surface area contributed by atoms with Gasteiger partial charge in [-0.2, -0.15) is 11.3 Å². The van der Waals surface area contributed by atoms with E-state index in [1.54, 1.807) is 18.3 Å². The van der Waals surface area contributed by atoms with Crippen LogP contribution in [-0.2, 0) is 5.60 Å². The number of aliphatic imine (C=N–C) groups is 1. The second-order valence-electron chi connectivity index (χ2n) is 4.35. The van der Waals surface area contributed by atoms with Crippen LogP contribution in [0.1, 0.15) is 19.4 Å². The van der Waals surface area contributed by atoms with E-state index in [0.29, 0.717) is 6.54 Å². The average molecular weight is 255 g/mol. The molecule has 0 amide bonds. The molecule has 0 radical (unpaired) electrons. The topological polar surface area (TPSA) is 47.9 Å². The molecule has 1 rings (SSSR count). The van der Waals surface area contributed by atoms with Gasteiger partial charge in [0, 0.05) is 20.6 Å². The van der Waals surface area contributed by atoms with Crippen molar-refractivity contribution in [1.29, 1.82) is 0 Å². The van der Waals surface area contributed by atoms with Gasteiger partial charge in [-0.25, -0.2) is 4.99 Å². The van der Waals surface area contributed by atoms with Gasteiger partial charge in [0.25, 0.3) is 0 Å². The molecule has 0 aliphatic carbocycles. The molecule has 1 atom stereocenters. The predicted octanol–water partition coefficient (Wildman–Crippen LogP) is 1.48. The van der Waals surface area contributed by atoms with Gasteiger partial charge >= 0.3 is 0 Å². The minimum Gasteiger partial charge on any atom is -0.383 e. The third kappa shape index (κ3) is 4.02. The van der Waals surface area contributed by atoms with Gasteiger partial charge in [0.2, 0.25) is 0 Å². The molecule has 0 aliphatic rings. The molecule has 0 fully saturated rings. The van der Waals surface area contributed by atoms with Crippen LogP contribution >= 0.6 is 11.3 Å². The van der Waals surface area contributed by atoms with Crippen LogP contribution in [-0.4, -0.2) is 43.2 Å². The van der Waals surface area contributed by atoms with Crippen LogP contribution in [0.25, 0.3) is 0 Å². The van der Waals surface area contributed by atoms with Crippen molar-refractivity contribution >= 4 is 17.3 Å². The van der Waals surface area contributed by atoms with E-state index in [0.717, 1.165) is 18.1 Å². The van der Waals surface area contributed by atoms with Crippen molar-refractivity contribution in [3.8, 4) is 0 Å². The molecule has 0 saturated carbocycles. The maximum atomic E-state index is 10.3. The van der Waals surface area contributed by atoms with Crippen molar-refractivity contribution in [1.82, 2.24) is 10.2 Å². The van der Waals surface area contributed by atoms with Crippen LogP contribution in [0.5, 0.6) is 0 Å². The quantitative estimate of drug-likeness (QED) is 0.633. The van der Waals surface area contributed by atoms with Crippen LogP contribution in [0.4, 0.5) is 0 Å². The molecular formula is C12H21N3OS. The Morgan fingerprint density at radius 2 is 2.29 bits per heavy atom. The minimum atomic E-state index is -0.906. The molecule has 1 aromatic heterocycles. The number of nitrogens with zero attached hydrogens (tertiary/aromatic N) is 2. The Morgan fingerprint density at radius 1 is 1.59 bits per heavy atom. The third-order valence-electron chi connectivity index (χ3n) is 2.44. The van der Waals surface area contributed by atoms with E-state index in [1.165, 1.54) is 0 Å². The van der Waals surface area contributed by atoms with E-state index in [1.807, 2.05) is 42.7 Å². The van der Waals surface area contributed by atoms with Crippen molar-refractivity contribution in [3.05, 3.63) is 22.4 Å². The summed E-state index contributed by atoms with van der Waals surface area (Å²) in [4.78, 5) is 6.34. The summed E-state index contributed by atoms with van der Waals surface area (Å²) in [6, 6.07) is 1.93. The monoisotopic (exact) mass is 255 g/mol. The Balaban J connectivity index is 2.73. The van der Waals surface area contributed by atoms with Gasteiger partial charge < -0.3 is 15.3 Å². The first-order valence-corrected chi connectivity index (χ1v) is 6.62. The summed E-state index contributed by atoms with van der Waals surface area (Å²) in [5.74, 6) is 0.794. The molecule has 0 saturated heterocycles. The fourth-order valence-electron chi connectivity index (χ4n) is 1.40. The molecule has 0 aromatic carbocycles. The Bertz CT molecular complexity index is 358. The van der Waals surface area contributed by atoms with Crippen LogP contribution in [0.2, 0.25) is 0 Å². The lowest BCUT2D eigenvalue weighted by atomic mass is 10.00. The lowest BCUT2D eigenvalue weighted by molar-refractivity contribution is 0.0675. The lowest BCUT2D eigenvalue weighted by Crippen LogP contribution is -2.37. The van der Waals surface area contributed by atoms with Crippen molar-refractivity contribution in [2.24, 2.45) is 4.99 Å². The molecule has 4 nitrogen and oxygen atoms in total. The SMILES string of the molecule is CCNC(=NCC(C)(O)c1ccsc1)N(C)C. The maximum absolute atomic E-state index is 10.3. The second kappa shape index (κ2) is 6.02. The molecule has 5 heteroatoms. The summed E-state index contributed by atoms with van der Waals surface area (Å²) in [5.41, 5.74) is 0.0114. The molecule has 1 unspecified atom stereocenters. The number of hydrogen-bond acceptors (Lipinski definition) is 3. The summed E-state index contributed by atoms with van der Waals surface area (Å²) in [7, 11) is 3.86. The molecule has 17 heavy (non-hydrogen) atoms.